The highest BCUT2D eigenvalue weighted by molar-refractivity contribution is 7.90. The second kappa shape index (κ2) is 6.02. The van der Waals surface area contributed by atoms with Crippen molar-refractivity contribution in [1.82, 2.24) is 14.5 Å². The number of benzene rings is 1. The maximum atomic E-state index is 11.4. The maximum absolute atomic E-state index is 11.4. The smallest absolute Gasteiger partial charge is 0.149 e. The minimum absolute atomic E-state index is 0.0793. The minimum Gasteiger partial charge on any atom is -0.327 e. The Hall–Kier alpha value is -1.99. The summed E-state index contributed by atoms with van der Waals surface area (Å²) in [7, 11) is -3.03. The van der Waals surface area contributed by atoms with Crippen LogP contribution >= 0.6 is 11.3 Å². The van der Waals surface area contributed by atoms with Crippen molar-refractivity contribution in [3.63, 3.8) is 0 Å². The van der Waals surface area contributed by atoms with Gasteiger partial charge in [0.2, 0.25) is 0 Å². The normalized spacial score (nSPS) is 11.7. The van der Waals surface area contributed by atoms with Gasteiger partial charge in [0, 0.05) is 29.9 Å². The summed E-state index contributed by atoms with van der Waals surface area (Å²) in [6, 6.07) is 9.83. The molecule has 0 aliphatic rings. The number of hydrogen-bond acceptors (Lipinski definition) is 5. The highest BCUT2D eigenvalue weighted by atomic mass is 32.2. The van der Waals surface area contributed by atoms with Crippen LogP contribution in [0.2, 0.25) is 0 Å². The van der Waals surface area contributed by atoms with Crippen LogP contribution in [0, 0.1) is 0 Å². The summed E-state index contributed by atoms with van der Waals surface area (Å²) in [6.07, 6.45) is 4.66. The first-order chi connectivity index (χ1) is 10.5. The number of nitrogens with zero attached hydrogens (tertiary/aromatic N) is 3. The summed E-state index contributed by atoms with van der Waals surface area (Å²) in [6.45, 7) is 0.369. The summed E-state index contributed by atoms with van der Waals surface area (Å²) in [5, 5.41) is 2.74. The van der Waals surface area contributed by atoms with Gasteiger partial charge in [0.15, 0.2) is 0 Å². The van der Waals surface area contributed by atoms with Gasteiger partial charge in [0.1, 0.15) is 20.5 Å². The van der Waals surface area contributed by atoms with Crippen LogP contribution in [-0.4, -0.2) is 35.0 Å². The lowest BCUT2D eigenvalue weighted by Gasteiger charge is -2.07. The van der Waals surface area contributed by atoms with Crippen LogP contribution in [0.15, 0.2) is 48.2 Å². The van der Waals surface area contributed by atoms with E-state index in [1.807, 2.05) is 40.3 Å². The van der Waals surface area contributed by atoms with Crippen molar-refractivity contribution < 1.29 is 8.42 Å². The Morgan fingerprint density at radius 1 is 1.18 bits per heavy atom. The fraction of sp³-hybridized carbons (Fsp3) is 0.200. The molecule has 3 aromatic rings. The molecule has 7 heteroatoms. The highest BCUT2D eigenvalue weighted by Gasteiger charge is 2.17. The molecule has 0 fully saturated rings. The largest absolute Gasteiger partial charge is 0.327 e. The molecule has 0 saturated carbocycles. The van der Waals surface area contributed by atoms with Gasteiger partial charge in [0.25, 0.3) is 0 Å². The fourth-order valence-electron chi connectivity index (χ4n) is 2.19. The van der Waals surface area contributed by atoms with E-state index in [1.165, 1.54) is 17.6 Å². The number of hydrogen-bond donors (Lipinski definition) is 0. The third-order valence-electron chi connectivity index (χ3n) is 3.22. The summed E-state index contributed by atoms with van der Waals surface area (Å²) in [4.78, 5) is 8.84. The molecule has 1 aromatic carbocycles. The van der Waals surface area contributed by atoms with Gasteiger partial charge in [-0.15, -0.1) is 11.3 Å². The quantitative estimate of drug-likeness (QED) is 0.720. The zero-order valence-corrected chi connectivity index (χ0v) is 13.6. The summed E-state index contributed by atoms with van der Waals surface area (Å²) in [5.41, 5.74) is 2.68. The van der Waals surface area contributed by atoms with Gasteiger partial charge in [-0.1, -0.05) is 30.3 Å². The lowest BCUT2D eigenvalue weighted by Crippen LogP contribution is -2.11. The highest BCUT2D eigenvalue weighted by Crippen LogP contribution is 2.32. The zero-order chi connectivity index (χ0) is 15.6. The Balaban J connectivity index is 2.07. The Morgan fingerprint density at radius 2 is 1.95 bits per heavy atom. The minimum atomic E-state index is -3.03. The van der Waals surface area contributed by atoms with Gasteiger partial charge in [-0.05, 0) is 0 Å². The van der Waals surface area contributed by atoms with Gasteiger partial charge < -0.3 is 4.57 Å². The van der Waals surface area contributed by atoms with Crippen molar-refractivity contribution >= 4 is 21.2 Å². The van der Waals surface area contributed by atoms with Crippen molar-refractivity contribution in [2.75, 3.05) is 12.0 Å². The first kappa shape index (κ1) is 14.9. The molecule has 114 valence electrons. The zero-order valence-electron chi connectivity index (χ0n) is 12.0. The van der Waals surface area contributed by atoms with Crippen LogP contribution in [0.25, 0.3) is 22.0 Å². The van der Waals surface area contributed by atoms with Gasteiger partial charge in [-0.25, -0.2) is 18.4 Å². The lowest BCUT2D eigenvalue weighted by atomic mass is 10.1. The van der Waals surface area contributed by atoms with Crippen molar-refractivity contribution in [3.8, 4) is 22.0 Å². The number of imidazole rings is 1. The summed E-state index contributed by atoms with van der Waals surface area (Å²) in [5.74, 6) is 0.0793. The Kier molecular flexibility index (Phi) is 4.08. The molecule has 0 radical (unpaired) electrons. The standard InChI is InChI=1S/C15H15N3O2S2/c1-22(19,20)10-8-18-11-17-13(12-5-3-2-4-6-12)14(18)15-16-7-9-21-15/h2-7,9,11H,8,10H2,1H3. The molecule has 0 aliphatic carbocycles. The summed E-state index contributed by atoms with van der Waals surface area (Å²) >= 11 is 1.52. The Bertz CT molecular complexity index is 854. The molecule has 0 atom stereocenters. The first-order valence-corrected chi connectivity index (χ1v) is 9.67. The third kappa shape index (κ3) is 3.26. The van der Waals surface area contributed by atoms with Gasteiger partial charge >= 0.3 is 0 Å². The molecule has 22 heavy (non-hydrogen) atoms. The first-order valence-electron chi connectivity index (χ1n) is 6.73. The molecule has 0 aliphatic heterocycles. The van der Waals surface area contributed by atoms with Gasteiger partial charge in [-0.2, -0.15) is 0 Å². The molecule has 0 spiro atoms. The van der Waals surface area contributed by atoms with Crippen LogP contribution in [0.3, 0.4) is 0 Å². The van der Waals surface area contributed by atoms with Crippen molar-refractivity contribution in [2.24, 2.45) is 0 Å². The second-order valence-corrected chi connectivity index (χ2v) is 8.12. The van der Waals surface area contributed by atoms with Crippen LogP contribution < -0.4 is 0 Å². The van der Waals surface area contributed by atoms with Crippen LogP contribution in [0.4, 0.5) is 0 Å². The predicted octanol–water partition coefficient (Wildman–Crippen LogP) is 2.72. The van der Waals surface area contributed by atoms with E-state index in [4.69, 9.17) is 0 Å². The number of sulfone groups is 1. The average Bonchev–Trinajstić information content (AvgIpc) is 3.14. The molecule has 5 nitrogen and oxygen atoms in total. The van der Waals surface area contributed by atoms with E-state index in [9.17, 15) is 8.42 Å². The molecular formula is C15H15N3O2S2. The van der Waals surface area contributed by atoms with Gasteiger partial charge in [-0.3, -0.25) is 0 Å². The molecule has 0 N–H and O–H groups in total. The van der Waals surface area contributed by atoms with Crippen molar-refractivity contribution in [1.29, 1.82) is 0 Å². The van der Waals surface area contributed by atoms with E-state index in [-0.39, 0.29) is 5.75 Å². The van der Waals surface area contributed by atoms with E-state index in [0.717, 1.165) is 22.0 Å². The number of thiazole rings is 1. The van der Waals surface area contributed by atoms with Crippen LogP contribution in [-0.2, 0) is 16.4 Å². The van der Waals surface area contributed by atoms with E-state index in [0.29, 0.717) is 6.54 Å². The third-order valence-corrected chi connectivity index (χ3v) is 4.93. The van der Waals surface area contributed by atoms with E-state index in [1.54, 1.807) is 12.5 Å². The number of aryl methyl sites for hydroxylation is 1. The van der Waals surface area contributed by atoms with E-state index in [2.05, 4.69) is 9.97 Å². The fourth-order valence-corrected chi connectivity index (χ4v) is 3.41. The molecule has 0 amide bonds. The second-order valence-electron chi connectivity index (χ2n) is 4.97. The van der Waals surface area contributed by atoms with Gasteiger partial charge in [0.05, 0.1) is 17.8 Å². The van der Waals surface area contributed by atoms with Crippen LogP contribution in [0.1, 0.15) is 0 Å². The molecule has 2 aromatic heterocycles. The predicted molar refractivity (Wildman–Crippen MR) is 88.5 cm³/mol. The average molecular weight is 333 g/mol. The lowest BCUT2D eigenvalue weighted by molar-refractivity contribution is 0.595. The Morgan fingerprint density at radius 3 is 2.59 bits per heavy atom. The van der Waals surface area contributed by atoms with E-state index >= 15 is 0 Å². The summed E-state index contributed by atoms with van der Waals surface area (Å²) < 4.78 is 24.7. The van der Waals surface area contributed by atoms with Crippen LogP contribution in [0.5, 0.6) is 0 Å². The molecular weight excluding hydrogens is 318 g/mol. The topological polar surface area (TPSA) is 64.8 Å². The van der Waals surface area contributed by atoms with Crippen molar-refractivity contribution in [2.45, 2.75) is 6.54 Å². The number of aromatic nitrogens is 3. The molecule has 2 heterocycles. The number of rotatable bonds is 5. The van der Waals surface area contributed by atoms with Crippen molar-refractivity contribution in [3.05, 3.63) is 48.2 Å². The monoisotopic (exact) mass is 333 g/mol. The Labute approximate surface area is 133 Å². The molecule has 0 unspecified atom stereocenters. The van der Waals surface area contributed by atoms with E-state index < -0.39 is 9.84 Å². The maximum Gasteiger partial charge on any atom is 0.149 e. The molecule has 0 bridgehead atoms. The SMILES string of the molecule is CS(=O)(=O)CCn1cnc(-c2ccccc2)c1-c1nccs1. The molecule has 0 saturated heterocycles. The molecule has 3 rings (SSSR count).